The van der Waals surface area contributed by atoms with Crippen molar-refractivity contribution in [3.8, 4) is 0 Å². The molecule has 0 aromatic carbocycles. The Morgan fingerprint density at radius 3 is 2.43 bits per heavy atom. The monoisotopic (exact) mass is 214 g/mol. The van der Waals surface area contributed by atoms with Crippen LogP contribution < -0.4 is 11.1 Å². The summed E-state index contributed by atoms with van der Waals surface area (Å²) in [4.78, 5) is 0. The summed E-state index contributed by atoms with van der Waals surface area (Å²) in [5.41, 5.74) is 5.90. The molecular formula is C11H22N2S. The van der Waals surface area contributed by atoms with Gasteiger partial charge in [0, 0.05) is 29.1 Å². The highest BCUT2D eigenvalue weighted by Gasteiger charge is 2.26. The summed E-state index contributed by atoms with van der Waals surface area (Å²) in [5.74, 6) is 1.31. The molecule has 0 radical (unpaired) electrons. The molecule has 0 spiro atoms. The van der Waals surface area contributed by atoms with Gasteiger partial charge in [-0.25, -0.2) is 0 Å². The van der Waals surface area contributed by atoms with Gasteiger partial charge in [-0.15, -0.1) is 0 Å². The van der Waals surface area contributed by atoms with Crippen LogP contribution in [0.25, 0.3) is 0 Å². The van der Waals surface area contributed by atoms with Gasteiger partial charge >= 0.3 is 0 Å². The number of hydrogen-bond donors (Lipinski definition) is 2. The SMILES string of the molecule is CC1CC(NC2CCC(N)CC2)CS1. The molecule has 3 heteroatoms. The average Bonchev–Trinajstić information content (AvgIpc) is 2.56. The van der Waals surface area contributed by atoms with Crippen LogP contribution in [-0.4, -0.2) is 29.1 Å². The predicted octanol–water partition coefficient (Wildman–Crippen LogP) is 1.74. The summed E-state index contributed by atoms with van der Waals surface area (Å²) in [6.07, 6.45) is 6.36. The van der Waals surface area contributed by atoms with Gasteiger partial charge in [-0.05, 0) is 32.1 Å². The Hall–Kier alpha value is 0.270. The van der Waals surface area contributed by atoms with Gasteiger partial charge in [0.1, 0.15) is 0 Å². The number of thioether (sulfide) groups is 1. The Balaban J connectivity index is 1.70. The maximum atomic E-state index is 5.90. The van der Waals surface area contributed by atoms with Gasteiger partial charge in [-0.2, -0.15) is 11.8 Å². The Kier molecular flexibility index (Phi) is 3.74. The second-order valence-electron chi connectivity index (χ2n) is 4.85. The molecule has 0 amide bonds. The quantitative estimate of drug-likeness (QED) is 0.735. The molecule has 14 heavy (non-hydrogen) atoms. The Morgan fingerprint density at radius 1 is 1.14 bits per heavy atom. The van der Waals surface area contributed by atoms with Gasteiger partial charge in [0.2, 0.25) is 0 Å². The van der Waals surface area contributed by atoms with Gasteiger partial charge in [0.25, 0.3) is 0 Å². The Morgan fingerprint density at radius 2 is 1.86 bits per heavy atom. The number of hydrogen-bond acceptors (Lipinski definition) is 3. The third-order valence-electron chi connectivity index (χ3n) is 3.44. The molecule has 1 aliphatic carbocycles. The molecule has 3 N–H and O–H groups in total. The van der Waals surface area contributed by atoms with Gasteiger partial charge in [-0.1, -0.05) is 6.92 Å². The predicted molar refractivity (Wildman–Crippen MR) is 63.7 cm³/mol. The molecule has 1 aliphatic heterocycles. The minimum absolute atomic E-state index is 0.477. The van der Waals surface area contributed by atoms with E-state index in [1.165, 1.54) is 37.9 Å². The van der Waals surface area contributed by atoms with E-state index in [0.29, 0.717) is 6.04 Å². The van der Waals surface area contributed by atoms with Crippen molar-refractivity contribution in [2.45, 2.75) is 62.4 Å². The van der Waals surface area contributed by atoms with E-state index in [1.54, 1.807) is 0 Å². The molecule has 2 unspecified atom stereocenters. The summed E-state index contributed by atoms with van der Waals surface area (Å²) in [5, 5.41) is 4.65. The van der Waals surface area contributed by atoms with Crippen LogP contribution in [0.15, 0.2) is 0 Å². The van der Waals surface area contributed by atoms with Gasteiger partial charge in [0.15, 0.2) is 0 Å². The van der Waals surface area contributed by atoms with Crippen LogP contribution in [-0.2, 0) is 0 Å². The minimum atomic E-state index is 0.477. The third-order valence-corrected chi connectivity index (χ3v) is 4.80. The number of nitrogens with two attached hydrogens (primary N) is 1. The van der Waals surface area contributed by atoms with Crippen molar-refractivity contribution >= 4 is 11.8 Å². The minimum Gasteiger partial charge on any atom is -0.328 e. The summed E-state index contributed by atoms with van der Waals surface area (Å²) in [6, 6.07) is 2.00. The molecular weight excluding hydrogens is 192 g/mol. The van der Waals surface area contributed by atoms with E-state index in [9.17, 15) is 0 Å². The van der Waals surface area contributed by atoms with E-state index in [-0.39, 0.29) is 0 Å². The molecule has 2 rings (SSSR count). The van der Waals surface area contributed by atoms with Gasteiger partial charge in [-0.3, -0.25) is 0 Å². The second-order valence-corrected chi connectivity index (χ2v) is 6.33. The zero-order chi connectivity index (χ0) is 9.97. The van der Waals surface area contributed by atoms with E-state index >= 15 is 0 Å². The highest BCUT2D eigenvalue weighted by Crippen LogP contribution is 2.27. The lowest BCUT2D eigenvalue weighted by molar-refractivity contribution is 0.319. The average molecular weight is 214 g/mol. The highest BCUT2D eigenvalue weighted by molar-refractivity contribution is 8.00. The van der Waals surface area contributed by atoms with Crippen molar-refractivity contribution in [3.63, 3.8) is 0 Å². The maximum absolute atomic E-state index is 5.90. The van der Waals surface area contributed by atoms with Crippen LogP contribution in [0.1, 0.15) is 39.0 Å². The van der Waals surface area contributed by atoms with Crippen LogP contribution in [0, 0.1) is 0 Å². The summed E-state index contributed by atoms with van der Waals surface area (Å²) in [7, 11) is 0. The van der Waals surface area contributed by atoms with Crippen molar-refractivity contribution in [1.82, 2.24) is 5.32 Å². The van der Waals surface area contributed by atoms with Crippen molar-refractivity contribution in [2.75, 3.05) is 5.75 Å². The molecule has 2 nitrogen and oxygen atoms in total. The Labute approximate surface area is 91.4 Å². The van der Waals surface area contributed by atoms with Crippen LogP contribution in [0.3, 0.4) is 0 Å². The van der Waals surface area contributed by atoms with Gasteiger partial charge < -0.3 is 11.1 Å². The molecule has 0 aromatic heterocycles. The standard InChI is InChI=1S/C11H22N2S/c1-8-6-11(7-14-8)13-10-4-2-9(12)3-5-10/h8-11,13H,2-7,12H2,1H3. The van der Waals surface area contributed by atoms with Crippen molar-refractivity contribution in [2.24, 2.45) is 5.73 Å². The van der Waals surface area contributed by atoms with Crippen LogP contribution >= 0.6 is 11.8 Å². The molecule has 2 fully saturated rings. The van der Waals surface area contributed by atoms with Crippen molar-refractivity contribution in [3.05, 3.63) is 0 Å². The summed E-state index contributed by atoms with van der Waals surface area (Å²) >= 11 is 2.11. The lowest BCUT2D eigenvalue weighted by Gasteiger charge is -2.29. The molecule has 0 aromatic rings. The fourth-order valence-electron chi connectivity index (χ4n) is 2.55. The van der Waals surface area contributed by atoms with Crippen molar-refractivity contribution < 1.29 is 0 Å². The Bertz CT molecular complexity index is 178. The maximum Gasteiger partial charge on any atom is 0.0171 e. The zero-order valence-electron chi connectivity index (χ0n) is 9.04. The first-order chi connectivity index (χ1) is 6.74. The van der Waals surface area contributed by atoms with Crippen molar-refractivity contribution in [1.29, 1.82) is 0 Å². The van der Waals surface area contributed by atoms with E-state index in [1.807, 2.05) is 0 Å². The fraction of sp³-hybridized carbons (Fsp3) is 1.00. The normalized spacial score (nSPS) is 44.1. The third kappa shape index (κ3) is 2.88. The fourth-order valence-corrected chi connectivity index (χ4v) is 3.71. The topological polar surface area (TPSA) is 38.0 Å². The van der Waals surface area contributed by atoms with E-state index in [0.717, 1.165) is 17.3 Å². The molecule has 1 saturated heterocycles. The molecule has 1 heterocycles. The molecule has 2 atom stereocenters. The van der Waals surface area contributed by atoms with Crippen LogP contribution in [0.2, 0.25) is 0 Å². The first-order valence-electron chi connectivity index (χ1n) is 5.87. The summed E-state index contributed by atoms with van der Waals surface area (Å²) in [6.45, 7) is 2.34. The number of rotatable bonds is 2. The molecule has 2 aliphatic rings. The van der Waals surface area contributed by atoms with E-state index in [4.69, 9.17) is 5.73 Å². The first kappa shape index (κ1) is 10.8. The van der Waals surface area contributed by atoms with Crippen LogP contribution in [0.4, 0.5) is 0 Å². The molecule has 82 valence electrons. The van der Waals surface area contributed by atoms with Gasteiger partial charge in [0.05, 0.1) is 0 Å². The largest absolute Gasteiger partial charge is 0.328 e. The van der Waals surface area contributed by atoms with Crippen LogP contribution in [0.5, 0.6) is 0 Å². The number of nitrogens with one attached hydrogen (secondary N) is 1. The lowest BCUT2D eigenvalue weighted by atomic mass is 9.91. The second kappa shape index (κ2) is 4.86. The molecule has 1 saturated carbocycles. The molecule has 0 bridgehead atoms. The lowest BCUT2D eigenvalue weighted by Crippen LogP contribution is -2.42. The smallest absolute Gasteiger partial charge is 0.0171 e. The van der Waals surface area contributed by atoms with E-state index in [2.05, 4.69) is 24.0 Å². The van der Waals surface area contributed by atoms with E-state index < -0.39 is 0 Å². The summed E-state index contributed by atoms with van der Waals surface area (Å²) < 4.78 is 0. The highest BCUT2D eigenvalue weighted by atomic mass is 32.2. The zero-order valence-corrected chi connectivity index (χ0v) is 9.85. The first-order valence-corrected chi connectivity index (χ1v) is 6.92.